The monoisotopic (exact) mass is 580 g/mol. The van der Waals surface area contributed by atoms with Gasteiger partial charge in [-0.15, -0.1) is 0 Å². The number of ether oxygens (including phenoxy) is 3. The Bertz CT molecular complexity index is 732. The number of fused-ring (bicyclic) bond motifs is 2. The Morgan fingerprint density at radius 3 is 1.80 bits per heavy atom. The van der Waals surface area contributed by atoms with Crippen LogP contribution < -0.4 is 0 Å². The van der Waals surface area contributed by atoms with Crippen molar-refractivity contribution >= 4 is 17.9 Å². The summed E-state index contributed by atoms with van der Waals surface area (Å²) in [5, 5.41) is 9.70. The van der Waals surface area contributed by atoms with E-state index in [1.54, 1.807) is 0 Å². The number of hydrogen-bond acceptors (Lipinski definition) is 7. The van der Waals surface area contributed by atoms with E-state index in [4.69, 9.17) is 14.2 Å². The van der Waals surface area contributed by atoms with Gasteiger partial charge in [-0.1, -0.05) is 72.1 Å². The fourth-order valence-corrected chi connectivity index (χ4v) is 7.34. The van der Waals surface area contributed by atoms with E-state index in [-0.39, 0.29) is 43.1 Å². The molecule has 41 heavy (non-hydrogen) atoms. The SMILES string of the molecule is CCCCCCCCCOC(=O)CCCCCCC(=O)OCC(CO)COC(=O)CC12CC(C)CC(CC(C)C1)C2. The maximum absolute atomic E-state index is 12.7. The summed E-state index contributed by atoms with van der Waals surface area (Å²) in [6.45, 7) is 7.26. The van der Waals surface area contributed by atoms with E-state index >= 15 is 0 Å². The van der Waals surface area contributed by atoms with Gasteiger partial charge in [-0.2, -0.15) is 0 Å². The molecule has 2 fully saturated rings. The lowest BCUT2D eigenvalue weighted by atomic mass is 9.56. The Hall–Kier alpha value is -1.63. The van der Waals surface area contributed by atoms with E-state index in [1.165, 1.54) is 44.9 Å². The van der Waals surface area contributed by atoms with Gasteiger partial charge in [-0.25, -0.2) is 0 Å². The molecule has 7 heteroatoms. The molecule has 2 aliphatic carbocycles. The topological polar surface area (TPSA) is 99.1 Å². The molecule has 0 aromatic heterocycles. The van der Waals surface area contributed by atoms with Crippen LogP contribution in [-0.2, 0) is 28.6 Å². The predicted octanol–water partition coefficient (Wildman–Crippen LogP) is 7.56. The van der Waals surface area contributed by atoms with Crippen LogP contribution in [0.15, 0.2) is 0 Å². The van der Waals surface area contributed by atoms with E-state index in [0.717, 1.165) is 57.3 Å². The van der Waals surface area contributed by atoms with Crippen molar-refractivity contribution in [2.24, 2.45) is 29.1 Å². The molecule has 0 heterocycles. The van der Waals surface area contributed by atoms with Crippen molar-refractivity contribution in [2.75, 3.05) is 26.4 Å². The number of aliphatic hydroxyl groups is 1. The van der Waals surface area contributed by atoms with E-state index in [9.17, 15) is 19.5 Å². The van der Waals surface area contributed by atoms with E-state index < -0.39 is 5.92 Å². The minimum atomic E-state index is -0.407. The highest BCUT2D eigenvalue weighted by Crippen LogP contribution is 2.54. The summed E-state index contributed by atoms with van der Waals surface area (Å²) in [4.78, 5) is 36.7. The number of esters is 3. The summed E-state index contributed by atoms with van der Waals surface area (Å²) in [6.07, 6.45) is 18.6. The van der Waals surface area contributed by atoms with Crippen molar-refractivity contribution in [1.82, 2.24) is 0 Å². The Balaban J connectivity index is 1.48. The molecular formula is C34H60O7. The first-order valence-corrected chi connectivity index (χ1v) is 16.8. The second-order valence-corrected chi connectivity index (χ2v) is 13.5. The van der Waals surface area contributed by atoms with Gasteiger partial charge < -0.3 is 19.3 Å². The predicted molar refractivity (Wildman–Crippen MR) is 161 cm³/mol. The summed E-state index contributed by atoms with van der Waals surface area (Å²) < 4.78 is 16.2. The molecule has 0 saturated heterocycles. The zero-order valence-electron chi connectivity index (χ0n) is 26.5. The van der Waals surface area contributed by atoms with Gasteiger partial charge >= 0.3 is 17.9 Å². The standard InChI is InChI=1S/C34H60O7/c1-4-5-6-7-8-11-14-17-39-31(36)15-12-9-10-13-16-32(37)40-25-30(24-35)26-41-33(38)23-34-20-27(2)18-29(22-34)19-28(3)21-34/h27-30,35H,4-26H2,1-3H3. The summed E-state index contributed by atoms with van der Waals surface area (Å²) in [5.41, 5.74) is 0.0613. The maximum atomic E-state index is 12.7. The average molecular weight is 581 g/mol. The lowest BCUT2D eigenvalue weighted by molar-refractivity contribution is -0.153. The van der Waals surface area contributed by atoms with Gasteiger partial charge in [0.25, 0.3) is 0 Å². The molecule has 0 amide bonds. The lowest BCUT2D eigenvalue weighted by Crippen LogP contribution is -2.41. The summed E-state index contributed by atoms with van der Waals surface area (Å²) in [5.74, 6) is 0.993. The molecule has 0 spiro atoms. The second kappa shape index (κ2) is 20.3. The molecule has 7 nitrogen and oxygen atoms in total. The molecule has 0 aliphatic heterocycles. The van der Waals surface area contributed by atoms with Crippen molar-refractivity contribution in [3.63, 3.8) is 0 Å². The first-order valence-electron chi connectivity index (χ1n) is 16.8. The zero-order chi connectivity index (χ0) is 29.9. The molecule has 0 aromatic rings. The molecule has 238 valence electrons. The molecule has 2 saturated carbocycles. The summed E-state index contributed by atoms with van der Waals surface area (Å²) >= 11 is 0. The van der Waals surface area contributed by atoms with Crippen LogP contribution in [0, 0.1) is 29.1 Å². The highest BCUT2D eigenvalue weighted by atomic mass is 16.5. The van der Waals surface area contributed by atoms with Gasteiger partial charge in [0, 0.05) is 12.8 Å². The Labute approximate surface area is 249 Å². The number of hydrogen-bond donors (Lipinski definition) is 1. The zero-order valence-corrected chi connectivity index (χ0v) is 26.5. The molecule has 0 aromatic carbocycles. The summed E-state index contributed by atoms with van der Waals surface area (Å²) in [6, 6.07) is 0. The summed E-state index contributed by atoms with van der Waals surface area (Å²) in [7, 11) is 0. The smallest absolute Gasteiger partial charge is 0.306 e. The number of aliphatic hydroxyl groups excluding tert-OH is 1. The van der Waals surface area contributed by atoms with Gasteiger partial charge in [-0.3, -0.25) is 14.4 Å². The van der Waals surface area contributed by atoms with Crippen molar-refractivity contribution in [3.05, 3.63) is 0 Å². The van der Waals surface area contributed by atoms with Crippen LogP contribution in [0.1, 0.15) is 143 Å². The number of unbranched alkanes of at least 4 members (excludes halogenated alkanes) is 9. The molecule has 3 atom stereocenters. The van der Waals surface area contributed by atoms with E-state index in [2.05, 4.69) is 20.8 Å². The van der Waals surface area contributed by atoms with Gasteiger partial charge in [-0.05, 0) is 74.5 Å². The Kier molecular flexibility index (Phi) is 17.6. The minimum Gasteiger partial charge on any atom is -0.466 e. The third-order valence-corrected chi connectivity index (χ3v) is 9.02. The minimum absolute atomic E-state index is 0.0501. The van der Waals surface area contributed by atoms with Crippen LogP contribution in [0.4, 0.5) is 0 Å². The van der Waals surface area contributed by atoms with Crippen molar-refractivity contribution < 1.29 is 33.7 Å². The maximum Gasteiger partial charge on any atom is 0.306 e. The first kappa shape index (κ1) is 35.6. The highest BCUT2D eigenvalue weighted by molar-refractivity contribution is 5.70. The molecule has 2 aliphatic rings. The van der Waals surface area contributed by atoms with Gasteiger partial charge in [0.15, 0.2) is 0 Å². The normalized spacial score (nSPS) is 24.4. The number of carbonyl (C=O) groups is 3. The largest absolute Gasteiger partial charge is 0.466 e. The van der Waals surface area contributed by atoms with Crippen LogP contribution >= 0.6 is 0 Å². The quantitative estimate of drug-likeness (QED) is 0.0801. The number of rotatable bonds is 22. The van der Waals surface area contributed by atoms with Crippen LogP contribution in [-0.4, -0.2) is 49.4 Å². The molecule has 2 rings (SSSR count). The van der Waals surface area contributed by atoms with Gasteiger partial charge in [0.2, 0.25) is 0 Å². The van der Waals surface area contributed by atoms with Crippen LogP contribution in [0.3, 0.4) is 0 Å². The number of carbonyl (C=O) groups excluding carboxylic acids is 3. The van der Waals surface area contributed by atoms with Gasteiger partial charge in [0.1, 0.15) is 0 Å². The van der Waals surface area contributed by atoms with Crippen molar-refractivity contribution in [1.29, 1.82) is 0 Å². The molecule has 2 bridgehead atoms. The van der Waals surface area contributed by atoms with Crippen molar-refractivity contribution in [3.8, 4) is 0 Å². The first-order chi connectivity index (χ1) is 19.7. The van der Waals surface area contributed by atoms with Crippen LogP contribution in [0.2, 0.25) is 0 Å². The van der Waals surface area contributed by atoms with Crippen LogP contribution in [0.5, 0.6) is 0 Å². The second-order valence-electron chi connectivity index (χ2n) is 13.5. The third-order valence-electron chi connectivity index (χ3n) is 9.02. The fourth-order valence-electron chi connectivity index (χ4n) is 7.34. The van der Waals surface area contributed by atoms with Crippen LogP contribution in [0.25, 0.3) is 0 Å². The Morgan fingerprint density at radius 1 is 0.707 bits per heavy atom. The van der Waals surface area contributed by atoms with E-state index in [1.807, 2.05) is 0 Å². The fraction of sp³-hybridized carbons (Fsp3) is 0.912. The molecule has 1 N–H and O–H groups in total. The lowest BCUT2D eigenvalue weighted by Gasteiger charge is -2.49. The molecular weight excluding hydrogens is 520 g/mol. The average Bonchev–Trinajstić information content (AvgIpc) is 2.91. The Morgan fingerprint density at radius 2 is 1.22 bits per heavy atom. The van der Waals surface area contributed by atoms with Gasteiger partial charge in [0.05, 0.1) is 38.8 Å². The highest BCUT2D eigenvalue weighted by Gasteiger charge is 2.45. The molecule has 0 radical (unpaired) electrons. The molecule has 3 unspecified atom stereocenters. The van der Waals surface area contributed by atoms with E-state index in [0.29, 0.717) is 44.1 Å². The third kappa shape index (κ3) is 15.4. The van der Waals surface area contributed by atoms with Crippen molar-refractivity contribution in [2.45, 2.75) is 143 Å².